The molecule has 0 bridgehead atoms. The van der Waals surface area contributed by atoms with Gasteiger partial charge in [-0.25, -0.2) is 4.84 Å². The van der Waals surface area contributed by atoms with Gasteiger partial charge in [0.05, 0.1) is 0 Å². The van der Waals surface area contributed by atoms with Crippen LogP contribution in [0.1, 0.15) is 0 Å². The maximum absolute atomic E-state index is 4.22. The average molecular weight is 70.1 g/mol. The molecular formula is C2H2N2O+. The Morgan fingerprint density at radius 1 is 1.80 bits per heavy atom. The monoisotopic (exact) mass is 70.0 g/mol. The van der Waals surface area contributed by atoms with E-state index in [0.29, 0.717) is 0 Å². The molecule has 0 aromatic rings. The second-order valence-electron chi connectivity index (χ2n) is 0.581. The smallest absolute Gasteiger partial charge is 0.217 e. The molecular weight excluding hydrogens is 68.0 g/mol. The molecule has 0 saturated heterocycles. The molecule has 1 aliphatic heterocycles. The fourth-order valence-corrected chi connectivity index (χ4v) is 0.136. The van der Waals surface area contributed by atoms with Gasteiger partial charge in [0.2, 0.25) is 0 Å². The maximum Gasteiger partial charge on any atom is 0.378 e. The second-order valence-corrected chi connectivity index (χ2v) is 0.581. The Morgan fingerprint density at radius 3 is 3.00 bits per heavy atom. The molecule has 0 aromatic heterocycles. The van der Waals surface area contributed by atoms with Gasteiger partial charge in [0, 0.05) is 0 Å². The van der Waals surface area contributed by atoms with Crippen LogP contribution in [0.15, 0.2) is 5.16 Å². The van der Waals surface area contributed by atoms with E-state index in [2.05, 4.69) is 15.0 Å². The van der Waals surface area contributed by atoms with Gasteiger partial charge in [-0.1, -0.05) is 0 Å². The van der Waals surface area contributed by atoms with Crippen molar-refractivity contribution in [3.8, 4) is 0 Å². The number of hydrogen-bond acceptors (Lipinski definition) is 3. The van der Waals surface area contributed by atoms with E-state index < -0.39 is 0 Å². The summed E-state index contributed by atoms with van der Waals surface area (Å²) in [7, 11) is 0. The van der Waals surface area contributed by atoms with E-state index in [9.17, 15) is 0 Å². The summed E-state index contributed by atoms with van der Waals surface area (Å²) < 4.78 is 0. The van der Waals surface area contributed by atoms with Crippen molar-refractivity contribution >= 4 is 12.7 Å². The Morgan fingerprint density at radius 2 is 2.80 bits per heavy atom. The molecule has 3 nitrogen and oxygen atoms in total. The third kappa shape index (κ3) is 0.238. The van der Waals surface area contributed by atoms with E-state index in [-0.39, 0.29) is 0 Å². The fourth-order valence-electron chi connectivity index (χ4n) is 0.136. The van der Waals surface area contributed by atoms with E-state index in [1.54, 1.807) is 0 Å². The third-order valence-corrected chi connectivity index (χ3v) is 0.283. The molecule has 0 unspecified atom stereocenters. The number of oxime groups is 1. The number of aliphatic imine (C=N–C) groups is 1. The molecule has 0 spiro atoms. The van der Waals surface area contributed by atoms with Crippen molar-refractivity contribution in [2.75, 3.05) is 0 Å². The van der Waals surface area contributed by atoms with Gasteiger partial charge in [-0.2, -0.15) is 0 Å². The van der Waals surface area contributed by atoms with Crippen molar-refractivity contribution in [1.82, 2.24) is 4.99 Å². The summed E-state index contributed by atoms with van der Waals surface area (Å²) in [5.41, 5.74) is 0. The zero-order valence-electron chi connectivity index (χ0n) is 2.46. The molecule has 0 saturated carbocycles. The van der Waals surface area contributed by atoms with Crippen LogP contribution in [0.4, 0.5) is 0 Å². The molecule has 25 valence electrons. The molecule has 0 N–H and O–H groups in total. The molecule has 3 heteroatoms. The lowest BCUT2D eigenvalue weighted by Gasteiger charge is -1.50. The minimum atomic E-state index is 1.26. The highest BCUT2D eigenvalue weighted by Crippen LogP contribution is 1.65. The topological polar surface area (TPSA) is 35.7 Å². The van der Waals surface area contributed by atoms with E-state index in [1.807, 2.05) is 0 Å². The van der Waals surface area contributed by atoms with Crippen molar-refractivity contribution in [2.45, 2.75) is 0 Å². The third-order valence-electron chi connectivity index (χ3n) is 0.283. The molecule has 1 rings (SSSR count). The predicted molar refractivity (Wildman–Crippen MR) is 17.8 cm³/mol. The van der Waals surface area contributed by atoms with Gasteiger partial charge in [0.25, 0.3) is 0 Å². The highest BCUT2D eigenvalue weighted by atomic mass is 16.6. The molecule has 1 aliphatic rings. The van der Waals surface area contributed by atoms with E-state index in [0.717, 1.165) is 0 Å². The van der Waals surface area contributed by atoms with Crippen molar-refractivity contribution in [1.29, 1.82) is 0 Å². The largest absolute Gasteiger partial charge is 0.378 e. The average Bonchev–Trinajstić information content (AvgIpc) is 1.76. The normalized spacial score (nSPS) is 16.0. The lowest BCUT2D eigenvalue weighted by atomic mass is 11.3. The number of rotatable bonds is 0. The minimum Gasteiger partial charge on any atom is -0.217 e. The van der Waals surface area contributed by atoms with Crippen LogP contribution in [0.3, 0.4) is 0 Å². The Balaban J connectivity index is 2.61. The molecule has 0 atom stereocenters. The van der Waals surface area contributed by atoms with Gasteiger partial charge >= 0.3 is 12.7 Å². The number of hydrogen-bond donors (Lipinski definition) is 0. The van der Waals surface area contributed by atoms with Crippen molar-refractivity contribution in [3.05, 3.63) is 0 Å². The Bertz CT molecular complexity index is 65.7. The first kappa shape index (κ1) is 2.38. The maximum atomic E-state index is 4.22. The van der Waals surface area contributed by atoms with Gasteiger partial charge in [-0.15, -0.1) is 0 Å². The highest BCUT2D eigenvalue weighted by molar-refractivity contribution is 5.67. The zero-order valence-corrected chi connectivity index (χ0v) is 2.46. The zero-order chi connectivity index (χ0) is 3.54. The van der Waals surface area contributed by atoms with Crippen LogP contribution in [-0.2, 0) is 4.84 Å². The summed E-state index contributed by atoms with van der Waals surface area (Å²) >= 11 is 0. The Kier molecular flexibility index (Phi) is 0.400. The Hall–Kier alpha value is -0.860. The lowest BCUT2D eigenvalue weighted by molar-refractivity contribution is 0.357. The summed E-state index contributed by atoms with van der Waals surface area (Å²) in [4.78, 5) is 7.67. The van der Waals surface area contributed by atoms with Crippen molar-refractivity contribution < 1.29 is 4.84 Å². The molecule has 0 aliphatic carbocycles. The molecule has 1 heterocycles. The first-order valence-electron chi connectivity index (χ1n) is 1.19. The first-order valence-corrected chi connectivity index (χ1v) is 1.19. The molecule has 5 heavy (non-hydrogen) atoms. The highest BCUT2D eigenvalue weighted by Gasteiger charge is 1.91. The lowest BCUT2D eigenvalue weighted by Crippen LogP contribution is -1.74. The fraction of sp³-hybridized carbons (Fsp3) is 0. The van der Waals surface area contributed by atoms with Gasteiger partial charge in [-0.3, -0.25) is 0 Å². The minimum absolute atomic E-state index is 1.26. The van der Waals surface area contributed by atoms with Crippen LogP contribution in [0.25, 0.3) is 0 Å². The molecule has 0 aromatic carbocycles. The van der Waals surface area contributed by atoms with Crippen LogP contribution in [0.5, 0.6) is 0 Å². The van der Waals surface area contributed by atoms with Gasteiger partial charge in [-0.05, 0) is 4.99 Å². The molecule has 0 amide bonds. The van der Waals surface area contributed by atoms with Gasteiger partial charge < -0.3 is 0 Å². The van der Waals surface area contributed by atoms with Crippen molar-refractivity contribution in [3.63, 3.8) is 0 Å². The number of nitrogens with zero attached hydrogens (tertiary/aromatic N) is 2. The summed E-state index contributed by atoms with van der Waals surface area (Å²) in [5, 5.41) is 3.24. The van der Waals surface area contributed by atoms with Crippen LogP contribution in [0.2, 0.25) is 0 Å². The van der Waals surface area contributed by atoms with Crippen LogP contribution < -0.4 is 4.99 Å². The standard InChI is InChI=1S/C2H2N2O/c1-3-2-5-4-1/h1-2H/q+1. The first-order chi connectivity index (χ1) is 2.50. The summed E-state index contributed by atoms with van der Waals surface area (Å²) in [6, 6.07) is 0. The quantitative estimate of drug-likeness (QED) is 0.372. The van der Waals surface area contributed by atoms with E-state index in [1.165, 1.54) is 12.7 Å². The van der Waals surface area contributed by atoms with Crippen LogP contribution in [0, 0.1) is 0 Å². The van der Waals surface area contributed by atoms with Gasteiger partial charge in [0.1, 0.15) is 0 Å². The summed E-state index contributed by atoms with van der Waals surface area (Å²) in [6.45, 7) is 0. The Labute approximate surface area is 29.0 Å². The summed E-state index contributed by atoms with van der Waals surface area (Å²) in [5.74, 6) is 0. The molecule has 0 fully saturated rings. The van der Waals surface area contributed by atoms with Crippen LogP contribution in [-0.4, -0.2) is 12.7 Å². The van der Waals surface area contributed by atoms with E-state index in [4.69, 9.17) is 0 Å². The SMILES string of the molecule is C1=NOC=[N+]1. The predicted octanol–water partition coefficient (Wildman–Crippen LogP) is -0.676. The second kappa shape index (κ2) is 0.839. The summed E-state index contributed by atoms with van der Waals surface area (Å²) in [6.07, 6.45) is 2.60. The molecule has 1 radical (unpaired) electrons. The van der Waals surface area contributed by atoms with E-state index >= 15 is 0 Å². The van der Waals surface area contributed by atoms with Crippen molar-refractivity contribution in [2.24, 2.45) is 5.16 Å². The van der Waals surface area contributed by atoms with Gasteiger partial charge in [0.15, 0.2) is 5.16 Å². The van der Waals surface area contributed by atoms with Crippen LogP contribution >= 0.6 is 0 Å².